The van der Waals surface area contributed by atoms with Crippen LogP contribution in [0.1, 0.15) is 37.9 Å². The van der Waals surface area contributed by atoms with Crippen LogP contribution in [0.25, 0.3) is 21.8 Å². The van der Waals surface area contributed by atoms with Crippen LogP contribution >= 0.6 is 11.6 Å². The minimum atomic E-state index is -0.322. The first-order chi connectivity index (χ1) is 24.4. The van der Waals surface area contributed by atoms with Crippen molar-refractivity contribution in [3.63, 3.8) is 0 Å². The minimum Gasteiger partial charge on any atom is -0.507 e. The number of nitrogens with one attached hydrogen (secondary N) is 2. The van der Waals surface area contributed by atoms with E-state index in [0.717, 1.165) is 21.9 Å². The van der Waals surface area contributed by atoms with Crippen LogP contribution in [0, 0.1) is 6.92 Å². The molecule has 12 nitrogen and oxygen atoms in total. The lowest BCUT2D eigenvalue weighted by Gasteiger charge is -2.18. The summed E-state index contributed by atoms with van der Waals surface area (Å²) < 4.78 is 21.7. The average Bonchev–Trinajstić information content (AvgIpc) is 3.72. The highest BCUT2D eigenvalue weighted by Crippen LogP contribution is 2.46. The van der Waals surface area contributed by atoms with Gasteiger partial charge in [0.15, 0.2) is 0 Å². The fourth-order valence-electron chi connectivity index (χ4n) is 6.09. The second kappa shape index (κ2) is 16.3. The van der Waals surface area contributed by atoms with Crippen LogP contribution in [0.4, 0.5) is 11.4 Å². The number of anilines is 2. The van der Waals surface area contributed by atoms with Gasteiger partial charge in [-0.25, -0.2) is 4.98 Å². The molecule has 0 fully saturated rings. The fourth-order valence-corrected chi connectivity index (χ4v) is 6.34. The summed E-state index contributed by atoms with van der Waals surface area (Å²) in [6.07, 6.45) is 1.53. The van der Waals surface area contributed by atoms with Crippen LogP contribution in [0.15, 0.2) is 66.9 Å². The second-order valence-electron chi connectivity index (χ2n) is 11.8. The maximum absolute atomic E-state index is 13.9. The Morgan fingerprint density at radius 1 is 0.980 bits per heavy atom. The van der Waals surface area contributed by atoms with Crippen molar-refractivity contribution in [3.8, 4) is 11.5 Å². The van der Waals surface area contributed by atoms with Crippen molar-refractivity contribution >= 4 is 56.6 Å². The molecule has 3 aromatic carbocycles. The quantitative estimate of drug-likeness (QED) is 0.0783. The topological polar surface area (TPSA) is 155 Å². The van der Waals surface area contributed by atoms with Gasteiger partial charge in [-0.2, -0.15) is 0 Å². The highest BCUT2D eigenvalue weighted by atomic mass is 35.5. The predicted octanol–water partition coefficient (Wildman–Crippen LogP) is 5.39. The molecule has 1 aliphatic rings. The summed E-state index contributed by atoms with van der Waals surface area (Å²) in [5, 5.41) is 24.7. The standard InChI is InChI=1S/C37H39ClN4O8/c1-23-3-2-4-29-32(44)19-31-34(33(23)29)26(20-38)22-42(31)37(46)30-18-25-17-27(21-39-35(25)41-30)40-36(45)24-5-7-28(8-6-24)50-16-15-49-14-13-48-12-11-47-10-9-43/h2-8,17-19,21,26,43-44H,9-16,20,22H2,1H3,(H,39,41)(H,40,45)/t26-/m1/s1. The third-order valence-corrected chi connectivity index (χ3v) is 8.82. The number of nitrogens with zero attached hydrogens (tertiary/aromatic N) is 2. The average molecular weight is 703 g/mol. The molecule has 13 heteroatoms. The number of H-pyrrole nitrogens is 1. The van der Waals surface area contributed by atoms with Crippen LogP contribution < -0.4 is 15.0 Å². The van der Waals surface area contributed by atoms with E-state index in [1.54, 1.807) is 47.4 Å². The van der Waals surface area contributed by atoms with Gasteiger partial charge in [-0.05, 0) is 59.8 Å². The number of aromatic amines is 1. The number of alkyl halides is 1. The van der Waals surface area contributed by atoms with E-state index in [9.17, 15) is 14.7 Å². The lowest BCUT2D eigenvalue weighted by Crippen LogP contribution is -2.30. The number of carbonyl (C=O) groups is 2. The number of fused-ring (bicyclic) bond motifs is 4. The molecular formula is C37H39ClN4O8. The Labute approximate surface area is 293 Å². The Hall–Kier alpha value is -4.72. The number of aromatic nitrogens is 2. The number of amides is 2. The summed E-state index contributed by atoms with van der Waals surface area (Å²) in [5.74, 6) is 0.357. The number of halogens is 1. The Morgan fingerprint density at radius 2 is 1.70 bits per heavy atom. The van der Waals surface area contributed by atoms with Crippen LogP contribution in [0.3, 0.4) is 0 Å². The van der Waals surface area contributed by atoms with E-state index in [2.05, 4.69) is 15.3 Å². The highest BCUT2D eigenvalue weighted by Gasteiger charge is 2.36. The summed E-state index contributed by atoms with van der Waals surface area (Å²) in [6, 6.07) is 17.6. The molecule has 0 saturated carbocycles. The smallest absolute Gasteiger partial charge is 0.274 e. The van der Waals surface area contributed by atoms with E-state index < -0.39 is 0 Å². The number of carbonyl (C=O) groups excluding carboxylic acids is 2. The number of ether oxygens (including phenoxy) is 4. The van der Waals surface area contributed by atoms with E-state index >= 15 is 0 Å². The predicted molar refractivity (Wildman–Crippen MR) is 191 cm³/mol. The summed E-state index contributed by atoms with van der Waals surface area (Å²) >= 11 is 6.40. The maximum atomic E-state index is 13.9. The zero-order chi connectivity index (χ0) is 35.0. The SMILES string of the molecule is Cc1cccc2c(O)cc3c(c12)[C@H](CCl)CN3C(=O)c1cc2cc(NC(=O)c3ccc(OCCOCCOCCOCCO)cc3)cnc2[nH]1. The van der Waals surface area contributed by atoms with Crippen molar-refractivity contribution in [2.24, 2.45) is 0 Å². The summed E-state index contributed by atoms with van der Waals surface area (Å²) in [6.45, 7) is 5.12. The van der Waals surface area contributed by atoms with Crippen LogP contribution in [0.5, 0.6) is 11.5 Å². The summed E-state index contributed by atoms with van der Waals surface area (Å²) in [7, 11) is 0. The molecule has 2 aromatic heterocycles. The molecule has 1 atom stereocenters. The zero-order valence-corrected chi connectivity index (χ0v) is 28.4. The highest BCUT2D eigenvalue weighted by molar-refractivity contribution is 6.19. The molecule has 4 N–H and O–H groups in total. The van der Waals surface area contributed by atoms with E-state index in [0.29, 0.717) is 98.1 Å². The van der Waals surface area contributed by atoms with Gasteiger partial charge in [0.25, 0.3) is 11.8 Å². The van der Waals surface area contributed by atoms with Gasteiger partial charge in [-0.1, -0.05) is 18.2 Å². The molecular weight excluding hydrogens is 664 g/mol. The van der Waals surface area contributed by atoms with Gasteiger partial charge in [0.2, 0.25) is 0 Å². The van der Waals surface area contributed by atoms with Gasteiger partial charge >= 0.3 is 0 Å². The Morgan fingerprint density at radius 3 is 2.42 bits per heavy atom. The Kier molecular flexibility index (Phi) is 11.5. The van der Waals surface area contributed by atoms with E-state index in [4.69, 9.17) is 35.7 Å². The van der Waals surface area contributed by atoms with Gasteiger partial charge in [-0.15, -0.1) is 11.6 Å². The zero-order valence-electron chi connectivity index (χ0n) is 27.6. The molecule has 50 heavy (non-hydrogen) atoms. The largest absolute Gasteiger partial charge is 0.507 e. The molecule has 262 valence electrons. The third-order valence-electron chi connectivity index (χ3n) is 8.45. The van der Waals surface area contributed by atoms with Crippen LogP contribution in [-0.2, 0) is 14.2 Å². The number of rotatable bonds is 16. The van der Waals surface area contributed by atoms with Crippen molar-refractivity contribution in [3.05, 3.63) is 89.2 Å². The van der Waals surface area contributed by atoms with Crippen molar-refractivity contribution in [1.82, 2.24) is 9.97 Å². The molecule has 0 bridgehead atoms. The van der Waals surface area contributed by atoms with Crippen LogP contribution in [0.2, 0.25) is 0 Å². The molecule has 3 heterocycles. The van der Waals surface area contributed by atoms with Crippen molar-refractivity contribution in [1.29, 1.82) is 0 Å². The molecule has 0 unspecified atom stereocenters. The van der Waals surface area contributed by atoms with E-state index in [1.165, 1.54) is 6.20 Å². The molecule has 1 aliphatic heterocycles. The number of aryl methyl sites for hydroxylation is 1. The molecule has 0 radical (unpaired) electrons. The van der Waals surface area contributed by atoms with Gasteiger partial charge in [0.1, 0.15) is 29.4 Å². The van der Waals surface area contributed by atoms with E-state index in [-0.39, 0.29) is 30.1 Å². The molecule has 5 aromatic rings. The molecule has 0 aliphatic carbocycles. The van der Waals surface area contributed by atoms with Gasteiger partial charge in [0, 0.05) is 40.7 Å². The number of hydrogen-bond acceptors (Lipinski definition) is 9. The summed E-state index contributed by atoms with van der Waals surface area (Å²) in [4.78, 5) is 36.1. The maximum Gasteiger partial charge on any atom is 0.274 e. The monoisotopic (exact) mass is 702 g/mol. The first-order valence-corrected chi connectivity index (χ1v) is 16.9. The fraction of sp³-hybridized carbons (Fsp3) is 0.324. The number of pyridine rings is 1. The number of hydrogen-bond donors (Lipinski definition) is 4. The van der Waals surface area contributed by atoms with Crippen molar-refractivity contribution in [2.75, 3.05) is 75.5 Å². The second-order valence-corrected chi connectivity index (χ2v) is 12.1. The Balaban J connectivity index is 1.04. The van der Waals surface area contributed by atoms with Crippen LogP contribution in [-0.4, -0.2) is 97.3 Å². The first-order valence-electron chi connectivity index (χ1n) is 16.4. The molecule has 0 saturated heterocycles. The minimum absolute atomic E-state index is 0.00579. The normalized spacial score (nSPS) is 14.0. The third kappa shape index (κ3) is 7.85. The number of benzene rings is 3. The number of phenolic OH excluding ortho intramolecular Hbond substituents is 1. The van der Waals surface area contributed by atoms with Gasteiger partial charge < -0.3 is 44.4 Å². The summed E-state index contributed by atoms with van der Waals surface area (Å²) in [5.41, 5.74) is 4.35. The number of aliphatic hydroxyl groups is 1. The number of phenols is 1. The Bertz CT molecular complexity index is 1970. The first kappa shape index (κ1) is 35.1. The number of aliphatic hydroxyl groups excluding tert-OH is 1. The van der Waals surface area contributed by atoms with Crippen molar-refractivity contribution in [2.45, 2.75) is 12.8 Å². The van der Waals surface area contributed by atoms with Gasteiger partial charge in [0.05, 0.1) is 63.8 Å². The van der Waals surface area contributed by atoms with Gasteiger partial charge in [-0.3, -0.25) is 9.59 Å². The molecule has 2 amide bonds. The lowest BCUT2D eigenvalue weighted by molar-refractivity contribution is 0.00361. The molecule has 0 spiro atoms. The lowest BCUT2D eigenvalue weighted by atomic mass is 9.92. The van der Waals surface area contributed by atoms with E-state index in [1.807, 2.05) is 25.1 Å². The molecule has 6 rings (SSSR count). The number of aromatic hydroxyl groups is 1. The van der Waals surface area contributed by atoms with Crippen molar-refractivity contribution < 1.29 is 38.7 Å².